The molecule has 2 atom stereocenters. The maximum absolute atomic E-state index is 13.9. The number of nitrogens with zero attached hydrogens (tertiary/aromatic N) is 3. The van der Waals surface area contributed by atoms with Crippen molar-refractivity contribution in [2.75, 3.05) is 6.54 Å². The van der Waals surface area contributed by atoms with Crippen molar-refractivity contribution in [3.05, 3.63) is 52.6 Å². The number of aromatic nitrogens is 2. The van der Waals surface area contributed by atoms with Gasteiger partial charge in [0.15, 0.2) is 5.96 Å². The molecule has 2 aromatic rings. The monoisotopic (exact) mass is 471 g/mol. The molecule has 0 bridgehead atoms. The van der Waals surface area contributed by atoms with E-state index in [9.17, 15) is 4.39 Å². The third-order valence-corrected chi connectivity index (χ3v) is 4.82. The first kappa shape index (κ1) is 20.7. The smallest absolute Gasteiger partial charge is 0.191 e. The molecule has 26 heavy (non-hydrogen) atoms. The molecule has 0 radical (unpaired) electrons. The fourth-order valence-corrected chi connectivity index (χ4v) is 3.17. The molecular formula is C19H27FIN5. The van der Waals surface area contributed by atoms with Gasteiger partial charge < -0.3 is 10.6 Å². The molecule has 1 aliphatic rings. The lowest BCUT2D eigenvalue weighted by Crippen LogP contribution is -2.39. The van der Waals surface area contributed by atoms with Gasteiger partial charge in [-0.2, -0.15) is 5.10 Å². The van der Waals surface area contributed by atoms with Crippen molar-refractivity contribution >= 4 is 29.9 Å². The molecule has 142 valence electrons. The van der Waals surface area contributed by atoms with E-state index in [0.29, 0.717) is 6.54 Å². The van der Waals surface area contributed by atoms with E-state index >= 15 is 0 Å². The van der Waals surface area contributed by atoms with Gasteiger partial charge in [0.2, 0.25) is 0 Å². The number of hydrogen-bond acceptors (Lipinski definition) is 2. The summed E-state index contributed by atoms with van der Waals surface area (Å²) in [5.74, 6) is 0.862. The van der Waals surface area contributed by atoms with Gasteiger partial charge in [0.25, 0.3) is 0 Å². The van der Waals surface area contributed by atoms with Crippen LogP contribution < -0.4 is 10.6 Å². The SMILES string of the molecule is CCNC(=NCc1c(C)nn(C)c1C)NC1CC1c1ccccc1F.I. The second-order valence-electron chi connectivity index (χ2n) is 6.58. The number of aryl methyl sites for hydroxylation is 2. The van der Waals surface area contributed by atoms with Crippen LogP contribution in [-0.2, 0) is 13.6 Å². The van der Waals surface area contributed by atoms with E-state index in [4.69, 9.17) is 4.99 Å². The van der Waals surface area contributed by atoms with E-state index in [0.717, 1.165) is 41.4 Å². The summed E-state index contributed by atoms with van der Waals surface area (Å²) in [7, 11) is 1.95. The zero-order valence-electron chi connectivity index (χ0n) is 15.7. The molecule has 5 nitrogen and oxygen atoms in total. The average molecular weight is 471 g/mol. The van der Waals surface area contributed by atoms with Crippen LogP contribution in [0, 0.1) is 19.7 Å². The highest BCUT2D eigenvalue weighted by atomic mass is 127. The number of guanidine groups is 1. The third-order valence-electron chi connectivity index (χ3n) is 4.82. The molecule has 1 aromatic carbocycles. The summed E-state index contributed by atoms with van der Waals surface area (Å²) in [4.78, 5) is 4.70. The Bertz CT molecular complexity index is 786. The lowest BCUT2D eigenvalue weighted by Gasteiger charge is -2.11. The van der Waals surface area contributed by atoms with Crippen molar-refractivity contribution in [2.45, 2.75) is 45.7 Å². The van der Waals surface area contributed by atoms with Crippen LogP contribution in [0.5, 0.6) is 0 Å². The van der Waals surface area contributed by atoms with Gasteiger partial charge in [0.1, 0.15) is 5.82 Å². The average Bonchev–Trinajstić information content (AvgIpc) is 3.28. The fraction of sp³-hybridized carbons (Fsp3) is 0.474. The maximum Gasteiger partial charge on any atom is 0.191 e. The summed E-state index contributed by atoms with van der Waals surface area (Å²) in [5.41, 5.74) is 4.08. The first-order valence-corrected chi connectivity index (χ1v) is 8.79. The minimum atomic E-state index is -0.125. The van der Waals surface area contributed by atoms with E-state index < -0.39 is 0 Å². The summed E-state index contributed by atoms with van der Waals surface area (Å²) < 4.78 is 15.8. The van der Waals surface area contributed by atoms with Gasteiger partial charge in [-0.1, -0.05) is 18.2 Å². The zero-order chi connectivity index (χ0) is 18.0. The highest BCUT2D eigenvalue weighted by Crippen LogP contribution is 2.41. The zero-order valence-corrected chi connectivity index (χ0v) is 18.0. The molecular weight excluding hydrogens is 444 g/mol. The first-order valence-electron chi connectivity index (χ1n) is 8.79. The molecule has 1 heterocycles. The Hall–Kier alpha value is -1.64. The van der Waals surface area contributed by atoms with Crippen LogP contribution in [-0.4, -0.2) is 28.3 Å². The minimum absolute atomic E-state index is 0. The van der Waals surface area contributed by atoms with Gasteiger partial charge in [-0.3, -0.25) is 4.68 Å². The van der Waals surface area contributed by atoms with Crippen molar-refractivity contribution < 1.29 is 4.39 Å². The van der Waals surface area contributed by atoms with Crippen LogP contribution in [0.2, 0.25) is 0 Å². The van der Waals surface area contributed by atoms with Crippen LogP contribution >= 0.6 is 24.0 Å². The highest BCUT2D eigenvalue weighted by Gasteiger charge is 2.40. The Morgan fingerprint density at radius 3 is 2.69 bits per heavy atom. The van der Waals surface area contributed by atoms with Gasteiger partial charge in [-0.05, 0) is 38.8 Å². The maximum atomic E-state index is 13.9. The van der Waals surface area contributed by atoms with Gasteiger partial charge in [-0.25, -0.2) is 9.38 Å². The second-order valence-corrected chi connectivity index (χ2v) is 6.58. The minimum Gasteiger partial charge on any atom is -0.357 e. The van der Waals surface area contributed by atoms with Crippen LogP contribution in [0.3, 0.4) is 0 Å². The van der Waals surface area contributed by atoms with E-state index in [-0.39, 0.29) is 41.8 Å². The lowest BCUT2D eigenvalue weighted by molar-refractivity contribution is 0.607. The van der Waals surface area contributed by atoms with Crippen LogP contribution in [0.25, 0.3) is 0 Å². The fourth-order valence-electron chi connectivity index (χ4n) is 3.17. The Morgan fingerprint density at radius 1 is 1.35 bits per heavy atom. The van der Waals surface area contributed by atoms with E-state index in [1.807, 2.05) is 37.7 Å². The number of hydrogen-bond donors (Lipinski definition) is 2. The molecule has 0 amide bonds. The number of benzene rings is 1. The molecule has 1 fully saturated rings. The van der Waals surface area contributed by atoms with Crippen molar-refractivity contribution in [2.24, 2.45) is 12.0 Å². The lowest BCUT2D eigenvalue weighted by atomic mass is 10.1. The van der Waals surface area contributed by atoms with Crippen LogP contribution in [0.4, 0.5) is 4.39 Å². The van der Waals surface area contributed by atoms with Crippen molar-refractivity contribution in [3.63, 3.8) is 0 Å². The summed E-state index contributed by atoms with van der Waals surface area (Å²) >= 11 is 0. The van der Waals surface area contributed by atoms with Crippen molar-refractivity contribution in [3.8, 4) is 0 Å². The third kappa shape index (κ3) is 4.55. The highest BCUT2D eigenvalue weighted by molar-refractivity contribution is 14.0. The summed E-state index contributed by atoms with van der Waals surface area (Å²) in [6.07, 6.45) is 0.927. The standard InChI is InChI=1S/C19H26FN5.HI/c1-5-21-19(22-11-16-12(2)24-25(4)13(16)3)23-18-10-15(18)14-8-6-7-9-17(14)20;/h6-9,15,18H,5,10-11H2,1-4H3,(H2,21,22,23);1H. The summed E-state index contributed by atoms with van der Waals surface area (Å²) in [6, 6.07) is 7.24. The predicted octanol–water partition coefficient (Wildman–Crippen LogP) is 3.41. The molecule has 7 heteroatoms. The molecule has 1 saturated carbocycles. The van der Waals surface area contributed by atoms with Crippen LogP contribution in [0.1, 0.15) is 41.8 Å². The van der Waals surface area contributed by atoms with E-state index in [1.54, 1.807) is 6.07 Å². The topological polar surface area (TPSA) is 54.2 Å². The van der Waals surface area contributed by atoms with Gasteiger partial charge >= 0.3 is 0 Å². The van der Waals surface area contributed by atoms with E-state index in [2.05, 4.69) is 22.7 Å². The Kier molecular flexibility index (Phi) is 7.02. The molecule has 1 aliphatic carbocycles. The Balaban J connectivity index is 0.00000243. The molecule has 3 rings (SSSR count). The molecule has 2 unspecified atom stereocenters. The number of halogens is 2. The number of nitrogens with one attached hydrogen (secondary N) is 2. The number of aliphatic imine (C=N–C) groups is 1. The molecule has 0 aliphatic heterocycles. The quantitative estimate of drug-likeness (QED) is 0.400. The summed E-state index contributed by atoms with van der Waals surface area (Å²) in [6.45, 7) is 7.47. The van der Waals surface area contributed by atoms with Gasteiger partial charge in [-0.15, -0.1) is 24.0 Å². The molecule has 2 N–H and O–H groups in total. The van der Waals surface area contributed by atoms with Gasteiger partial charge in [0, 0.05) is 36.8 Å². The second kappa shape index (κ2) is 8.83. The molecule has 0 saturated heterocycles. The van der Waals surface area contributed by atoms with Gasteiger partial charge in [0.05, 0.1) is 12.2 Å². The van der Waals surface area contributed by atoms with Crippen LogP contribution in [0.15, 0.2) is 29.3 Å². The summed E-state index contributed by atoms with van der Waals surface area (Å²) in [5, 5.41) is 11.1. The molecule has 1 aromatic heterocycles. The molecule has 0 spiro atoms. The van der Waals surface area contributed by atoms with Crippen molar-refractivity contribution in [1.82, 2.24) is 20.4 Å². The van der Waals surface area contributed by atoms with Crippen molar-refractivity contribution in [1.29, 1.82) is 0 Å². The Labute approximate surface area is 171 Å². The normalized spacial score (nSPS) is 19.0. The predicted molar refractivity (Wildman–Crippen MR) is 114 cm³/mol. The van der Waals surface area contributed by atoms with E-state index in [1.165, 1.54) is 6.07 Å². The largest absolute Gasteiger partial charge is 0.357 e. The first-order chi connectivity index (χ1) is 12.0. The Morgan fingerprint density at radius 2 is 2.08 bits per heavy atom. The number of rotatable bonds is 5.